The topological polar surface area (TPSA) is 184 Å². The highest BCUT2D eigenvalue weighted by atomic mass is 16.7. The number of carbonyl (C=O) groups excluding carboxylic acids is 5. The van der Waals surface area contributed by atoms with Gasteiger partial charge in [0.25, 0.3) is 11.8 Å². The summed E-state index contributed by atoms with van der Waals surface area (Å²) in [6.07, 6.45) is 7.05. The average Bonchev–Trinajstić information content (AvgIpc) is 3.66. The Morgan fingerprint density at radius 3 is 2.08 bits per heavy atom. The van der Waals surface area contributed by atoms with Crippen LogP contribution in [-0.2, 0) is 30.3 Å². The highest BCUT2D eigenvalue weighted by Gasteiger charge is 2.38. The SMILES string of the molecule is COC(=O)N[C@H](C(=O)NN(CC1CCCCC1)C[C@H](CCc1ccccc1)N(OC(=O)c1cnc[nH]1)C(=O)[C@@H](NC(=O)OC)C(C)C)C(C)C. The van der Waals surface area contributed by atoms with Crippen molar-refractivity contribution in [1.82, 2.24) is 36.1 Å². The monoisotopic (exact) mass is 699 g/mol. The van der Waals surface area contributed by atoms with Gasteiger partial charge in [-0.3, -0.25) is 15.0 Å². The number of aromatic amines is 1. The first-order valence-corrected chi connectivity index (χ1v) is 17.2. The summed E-state index contributed by atoms with van der Waals surface area (Å²) in [4.78, 5) is 78.6. The summed E-state index contributed by atoms with van der Waals surface area (Å²) >= 11 is 0. The maximum absolute atomic E-state index is 14.4. The smallest absolute Gasteiger partial charge is 0.407 e. The van der Waals surface area contributed by atoms with Gasteiger partial charge in [0, 0.05) is 13.1 Å². The maximum atomic E-state index is 14.4. The van der Waals surface area contributed by atoms with Crippen LogP contribution < -0.4 is 16.1 Å². The first kappa shape index (κ1) is 39.8. The number of methoxy groups -OCH3 is 2. The van der Waals surface area contributed by atoms with Crippen LogP contribution in [0.25, 0.3) is 0 Å². The van der Waals surface area contributed by atoms with E-state index in [0.717, 1.165) is 42.7 Å². The quantitative estimate of drug-likeness (QED) is 0.187. The third-order valence-electron chi connectivity index (χ3n) is 8.76. The highest BCUT2D eigenvalue weighted by molar-refractivity contribution is 5.90. The Balaban J connectivity index is 2.06. The van der Waals surface area contributed by atoms with Crippen LogP contribution >= 0.6 is 0 Å². The molecule has 1 saturated carbocycles. The first-order valence-electron chi connectivity index (χ1n) is 17.2. The van der Waals surface area contributed by atoms with Gasteiger partial charge in [0.05, 0.1) is 32.8 Å². The van der Waals surface area contributed by atoms with Crippen molar-refractivity contribution in [1.29, 1.82) is 0 Å². The molecule has 4 N–H and O–H groups in total. The number of hydrazine groups is 1. The Morgan fingerprint density at radius 1 is 0.900 bits per heavy atom. The van der Waals surface area contributed by atoms with Gasteiger partial charge in [0.15, 0.2) is 0 Å². The number of alkyl carbamates (subject to hydrolysis) is 2. The summed E-state index contributed by atoms with van der Waals surface area (Å²) in [5.41, 5.74) is 4.02. The average molecular weight is 700 g/mol. The van der Waals surface area contributed by atoms with Gasteiger partial charge in [0.1, 0.15) is 17.8 Å². The molecule has 1 heterocycles. The van der Waals surface area contributed by atoms with Crippen LogP contribution in [0, 0.1) is 17.8 Å². The molecule has 50 heavy (non-hydrogen) atoms. The van der Waals surface area contributed by atoms with E-state index in [-0.39, 0.29) is 24.1 Å². The molecule has 2 aromatic rings. The summed E-state index contributed by atoms with van der Waals surface area (Å²) < 4.78 is 9.57. The van der Waals surface area contributed by atoms with Gasteiger partial charge in [-0.2, -0.15) is 5.06 Å². The summed E-state index contributed by atoms with van der Waals surface area (Å²) in [7, 11) is 2.42. The van der Waals surface area contributed by atoms with Gasteiger partial charge in [0.2, 0.25) is 0 Å². The zero-order valence-corrected chi connectivity index (χ0v) is 30.0. The number of imidazole rings is 1. The zero-order valence-electron chi connectivity index (χ0n) is 30.0. The number of aryl methyl sites for hydroxylation is 1. The molecule has 1 aromatic heterocycles. The molecule has 15 heteroatoms. The third-order valence-corrected chi connectivity index (χ3v) is 8.76. The number of hydroxylamine groups is 2. The van der Waals surface area contributed by atoms with E-state index in [9.17, 15) is 24.0 Å². The predicted molar refractivity (Wildman–Crippen MR) is 184 cm³/mol. The van der Waals surface area contributed by atoms with E-state index in [1.807, 2.05) is 44.2 Å². The second-order valence-electron chi connectivity index (χ2n) is 13.3. The van der Waals surface area contributed by atoms with E-state index < -0.39 is 54.0 Å². The second-order valence-corrected chi connectivity index (χ2v) is 13.3. The molecule has 15 nitrogen and oxygen atoms in total. The van der Waals surface area contributed by atoms with Crippen LogP contribution in [0.1, 0.15) is 82.3 Å². The Bertz CT molecular complexity index is 1370. The van der Waals surface area contributed by atoms with E-state index in [1.165, 1.54) is 26.7 Å². The van der Waals surface area contributed by atoms with Crippen LogP contribution in [0.4, 0.5) is 9.59 Å². The lowest BCUT2D eigenvalue weighted by Crippen LogP contribution is -2.60. The van der Waals surface area contributed by atoms with E-state index in [4.69, 9.17) is 14.3 Å². The minimum Gasteiger partial charge on any atom is -0.453 e. The molecule has 1 aromatic carbocycles. The van der Waals surface area contributed by atoms with Crippen molar-refractivity contribution in [3.05, 3.63) is 54.1 Å². The zero-order chi connectivity index (χ0) is 36.6. The number of benzene rings is 1. The summed E-state index contributed by atoms with van der Waals surface area (Å²) in [6, 6.07) is 6.81. The second kappa shape index (κ2) is 20.1. The molecule has 0 unspecified atom stereocenters. The van der Waals surface area contributed by atoms with E-state index in [1.54, 1.807) is 18.9 Å². The van der Waals surface area contributed by atoms with Crippen LogP contribution in [0.3, 0.4) is 0 Å². The van der Waals surface area contributed by atoms with Crippen molar-refractivity contribution >= 4 is 30.0 Å². The van der Waals surface area contributed by atoms with Gasteiger partial charge >= 0.3 is 18.2 Å². The molecule has 0 bridgehead atoms. The van der Waals surface area contributed by atoms with Crippen LogP contribution in [0.15, 0.2) is 42.9 Å². The summed E-state index contributed by atoms with van der Waals surface area (Å²) in [5.74, 6) is -2.42. The number of hydrogen-bond acceptors (Lipinski definition) is 10. The number of amides is 4. The third kappa shape index (κ3) is 12.3. The summed E-state index contributed by atoms with van der Waals surface area (Å²) in [5, 5.41) is 7.97. The Hall–Kier alpha value is -4.66. The molecule has 0 aliphatic heterocycles. The van der Waals surface area contributed by atoms with Crippen LogP contribution in [0.2, 0.25) is 0 Å². The van der Waals surface area contributed by atoms with E-state index >= 15 is 0 Å². The fourth-order valence-electron chi connectivity index (χ4n) is 5.95. The fourth-order valence-corrected chi connectivity index (χ4v) is 5.95. The van der Waals surface area contributed by atoms with Gasteiger partial charge in [-0.05, 0) is 49.0 Å². The highest BCUT2D eigenvalue weighted by Crippen LogP contribution is 2.25. The Labute approximate surface area is 294 Å². The van der Waals surface area contributed by atoms with E-state index in [2.05, 4.69) is 26.0 Å². The Morgan fingerprint density at radius 2 is 1.52 bits per heavy atom. The standard InChI is InChI=1S/C35H53N7O8/c1-23(2)29(38-34(46)48-5)31(43)40-41(20-26-15-11-8-12-16-26)21-27(18-17-25-13-9-7-10-14-25)42(50-33(45)28-19-36-22-37-28)32(44)30(24(3)4)39-35(47)49-6/h7,9-10,13-14,19,22-24,26-27,29-30H,8,11-12,15-18,20-21H2,1-6H3,(H,36,37)(H,38,46)(H,39,47)(H,40,43)/t27-,29-,30-/m0/s1. The molecule has 3 rings (SSSR count). The number of H-pyrrole nitrogens is 1. The van der Waals surface area contributed by atoms with Gasteiger partial charge in [-0.25, -0.2) is 24.4 Å². The van der Waals surface area contributed by atoms with Crippen molar-refractivity contribution in [2.45, 2.75) is 90.8 Å². The Kier molecular flexibility index (Phi) is 16.0. The lowest BCUT2D eigenvalue weighted by Gasteiger charge is -2.38. The molecule has 4 amide bonds. The van der Waals surface area contributed by atoms with Gasteiger partial charge in [-0.15, -0.1) is 0 Å². The molecule has 0 radical (unpaired) electrons. The molecule has 0 spiro atoms. The van der Waals surface area contributed by atoms with Crippen LogP contribution in [-0.4, -0.2) is 95.4 Å². The van der Waals surface area contributed by atoms with Crippen molar-refractivity contribution in [2.24, 2.45) is 17.8 Å². The molecule has 276 valence electrons. The number of nitrogens with zero attached hydrogens (tertiary/aromatic N) is 3. The maximum Gasteiger partial charge on any atom is 0.407 e. The van der Waals surface area contributed by atoms with Crippen LogP contribution in [0.5, 0.6) is 0 Å². The number of ether oxygens (including phenoxy) is 2. The van der Waals surface area contributed by atoms with Crippen molar-refractivity contribution < 1.29 is 38.3 Å². The van der Waals surface area contributed by atoms with Crippen molar-refractivity contribution in [3.8, 4) is 0 Å². The molecule has 1 fully saturated rings. The van der Waals surface area contributed by atoms with Crippen molar-refractivity contribution in [2.75, 3.05) is 27.3 Å². The van der Waals surface area contributed by atoms with Gasteiger partial charge < -0.3 is 29.9 Å². The number of hydrogen-bond donors (Lipinski definition) is 4. The lowest BCUT2D eigenvalue weighted by atomic mass is 9.89. The van der Waals surface area contributed by atoms with E-state index in [0.29, 0.717) is 19.4 Å². The van der Waals surface area contributed by atoms with Gasteiger partial charge in [-0.1, -0.05) is 77.3 Å². The minimum absolute atomic E-state index is 0.0210. The predicted octanol–water partition coefficient (Wildman–Crippen LogP) is 3.99. The molecule has 3 atom stereocenters. The molecular formula is C35H53N7O8. The normalized spacial score (nSPS) is 15.1. The number of aromatic nitrogens is 2. The fraction of sp³-hybridized carbons (Fsp3) is 0.600. The molecule has 1 aliphatic rings. The van der Waals surface area contributed by atoms with Crippen molar-refractivity contribution in [3.63, 3.8) is 0 Å². The first-order chi connectivity index (χ1) is 23.9. The molecule has 1 aliphatic carbocycles. The lowest BCUT2D eigenvalue weighted by molar-refractivity contribution is -0.184. The minimum atomic E-state index is -1.12. The largest absolute Gasteiger partial charge is 0.453 e. The number of rotatable bonds is 16. The number of nitrogens with one attached hydrogen (secondary N) is 4. The molecule has 0 saturated heterocycles. The summed E-state index contributed by atoms with van der Waals surface area (Å²) in [6.45, 7) is 7.64. The number of carbonyl (C=O) groups is 5. The molecular weight excluding hydrogens is 646 g/mol.